The topological polar surface area (TPSA) is 32.6 Å². The Morgan fingerprint density at radius 3 is 2.92 bits per heavy atom. The van der Waals surface area contributed by atoms with Crippen LogP contribution in [0, 0.1) is 17.8 Å². The van der Waals surface area contributed by atoms with Crippen molar-refractivity contribution in [1.82, 2.24) is 0 Å². The first-order valence-corrected chi connectivity index (χ1v) is 5.03. The van der Waals surface area contributed by atoms with Crippen LogP contribution in [0.3, 0.4) is 0 Å². The zero-order chi connectivity index (χ0) is 8.55. The number of hydrogen-bond donors (Lipinski definition) is 1. The molecule has 2 nitrogen and oxygen atoms in total. The molecule has 0 aromatic rings. The summed E-state index contributed by atoms with van der Waals surface area (Å²) in [5, 5.41) is 12.2. The van der Waals surface area contributed by atoms with E-state index >= 15 is 0 Å². The van der Waals surface area contributed by atoms with Crippen molar-refractivity contribution in [1.29, 1.82) is 0 Å². The average molecular weight is 167 g/mol. The van der Waals surface area contributed by atoms with Crippen molar-refractivity contribution in [2.75, 3.05) is 0 Å². The summed E-state index contributed by atoms with van der Waals surface area (Å²) in [6.45, 7) is 2.34. The highest BCUT2D eigenvalue weighted by atomic mass is 16.4. The Morgan fingerprint density at radius 1 is 1.33 bits per heavy atom. The summed E-state index contributed by atoms with van der Waals surface area (Å²) in [5.41, 5.74) is 1.08. The summed E-state index contributed by atoms with van der Waals surface area (Å²) in [5.74, 6) is 2.30. The van der Waals surface area contributed by atoms with Gasteiger partial charge in [0.1, 0.15) is 0 Å². The zero-order valence-corrected chi connectivity index (χ0v) is 7.66. The molecule has 2 aliphatic carbocycles. The van der Waals surface area contributed by atoms with Crippen LogP contribution in [-0.4, -0.2) is 10.9 Å². The molecule has 0 aliphatic heterocycles. The molecule has 2 rings (SSSR count). The van der Waals surface area contributed by atoms with Crippen molar-refractivity contribution in [2.45, 2.75) is 39.0 Å². The molecule has 0 spiro atoms. The molecule has 1 N–H and O–H groups in total. The van der Waals surface area contributed by atoms with Gasteiger partial charge in [0.25, 0.3) is 0 Å². The first-order chi connectivity index (χ1) is 5.83. The highest BCUT2D eigenvalue weighted by Gasteiger charge is 2.38. The molecule has 2 saturated carbocycles. The number of oxime groups is 1. The molecular weight excluding hydrogens is 150 g/mol. The number of nitrogens with zero attached hydrogens (tertiary/aromatic N) is 1. The van der Waals surface area contributed by atoms with E-state index in [-0.39, 0.29) is 0 Å². The van der Waals surface area contributed by atoms with Crippen molar-refractivity contribution in [3.63, 3.8) is 0 Å². The second-order valence-electron chi connectivity index (χ2n) is 4.31. The normalized spacial score (nSPS) is 44.8. The van der Waals surface area contributed by atoms with Gasteiger partial charge in [-0.1, -0.05) is 24.9 Å². The fourth-order valence-corrected chi connectivity index (χ4v) is 3.01. The molecule has 2 aliphatic rings. The fourth-order valence-electron chi connectivity index (χ4n) is 3.01. The van der Waals surface area contributed by atoms with E-state index in [9.17, 15) is 0 Å². The summed E-state index contributed by atoms with van der Waals surface area (Å²) in [6.07, 6.45) is 6.25. The zero-order valence-electron chi connectivity index (χ0n) is 7.66. The van der Waals surface area contributed by atoms with E-state index in [1.54, 1.807) is 0 Å². The molecule has 12 heavy (non-hydrogen) atoms. The minimum absolute atomic E-state index is 0.624. The van der Waals surface area contributed by atoms with Crippen molar-refractivity contribution in [3.05, 3.63) is 0 Å². The van der Waals surface area contributed by atoms with E-state index in [1.807, 2.05) is 0 Å². The van der Waals surface area contributed by atoms with Crippen LogP contribution in [-0.2, 0) is 0 Å². The van der Waals surface area contributed by atoms with Crippen LogP contribution >= 0.6 is 0 Å². The van der Waals surface area contributed by atoms with Gasteiger partial charge in [0.2, 0.25) is 0 Å². The van der Waals surface area contributed by atoms with Crippen LogP contribution in [0.1, 0.15) is 39.0 Å². The molecule has 3 atom stereocenters. The predicted octanol–water partition coefficient (Wildman–Crippen LogP) is 2.66. The highest BCUT2D eigenvalue weighted by molar-refractivity contribution is 5.88. The maximum Gasteiger partial charge on any atom is 0.0604 e. The minimum atomic E-state index is 0.624. The number of hydrogen-bond acceptors (Lipinski definition) is 2. The van der Waals surface area contributed by atoms with Gasteiger partial charge in [-0.15, -0.1) is 0 Å². The minimum Gasteiger partial charge on any atom is -0.411 e. The first kappa shape index (κ1) is 8.09. The van der Waals surface area contributed by atoms with Crippen molar-refractivity contribution in [2.24, 2.45) is 22.9 Å². The van der Waals surface area contributed by atoms with E-state index in [0.29, 0.717) is 5.92 Å². The van der Waals surface area contributed by atoms with Crippen molar-refractivity contribution < 1.29 is 5.21 Å². The number of rotatable bonds is 0. The van der Waals surface area contributed by atoms with Crippen LogP contribution in [0.5, 0.6) is 0 Å². The molecule has 2 heteroatoms. The Balaban J connectivity index is 2.14. The molecule has 2 fully saturated rings. The van der Waals surface area contributed by atoms with Gasteiger partial charge < -0.3 is 5.21 Å². The number of fused-ring (bicyclic) bond motifs is 1. The van der Waals surface area contributed by atoms with Gasteiger partial charge in [0.05, 0.1) is 5.71 Å². The second kappa shape index (κ2) is 3.08. The van der Waals surface area contributed by atoms with Gasteiger partial charge in [-0.3, -0.25) is 0 Å². The van der Waals surface area contributed by atoms with Crippen LogP contribution in [0.25, 0.3) is 0 Å². The molecule has 0 bridgehead atoms. The van der Waals surface area contributed by atoms with Crippen LogP contribution in [0.15, 0.2) is 5.16 Å². The Morgan fingerprint density at radius 2 is 2.17 bits per heavy atom. The van der Waals surface area contributed by atoms with Crippen molar-refractivity contribution >= 4 is 5.71 Å². The highest BCUT2D eigenvalue weighted by Crippen LogP contribution is 2.43. The van der Waals surface area contributed by atoms with Crippen LogP contribution in [0.4, 0.5) is 0 Å². The summed E-state index contributed by atoms with van der Waals surface area (Å²) < 4.78 is 0. The third kappa shape index (κ3) is 1.13. The fraction of sp³-hybridized carbons (Fsp3) is 0.900. The summed E-state index contributed by atoms with van der Waals surface area (Å²) in [7, 11) is 0. The van der Waals surface area contributed by atoms with E-state index in [4.69, 9.17) is 5.21 Å². The van der Waals surface area contributed by atoms with E-state index in [2.05, 4.69) is 12.1 Å². The van der Waals surface area contributed by atoms with Crippen LogP contribution in [0.2, 0.25) is 0 Å². The Bertz CT molecular complexity index is 200. The van der Waals surface area contributed by atoms with Gasteiger partial charge in [-0.2, -0.15) is 0 Å². The lowest BCUT2D eigenvalue weighted by Crippen LogP contribution is -2.25. The quantitative estimate of drug-likeness (QED) is 0.436. The van der Waals surface area contributed by atoms with Gasteiger partial charge in [-0.05, 0) is 31.1 Å². The van der Waals surface area contributed by atoms with Gasteiger partial charge in [-0.25, -0.2) is 0 Å². The Kier molecular flexibility index (Phi) is 2.07. The third-order valence-electron chi connectivity index (χ3n) is 3.71. The van der Waals surface area contributed by atoms with E-state index in [1.165, 1.54) is 25.7 Å². The van der Waals surface area contributed by atoms with Crippen LogP contribution < -0.4 is 0 Å². The average Bonchev–Trinajstić information content (AvgIpc) is 2.49. The molecule has 0 unspecified atom stereocenters. The predicted molar refractivity (Wildman–Crippen MR) is 48.5 cm³/mol. The molecular formula is C10H17NO. The van der Waals surface area contributed by atoms with Gasteiger partial charge in [0.15, 0.2) is 0 Å². The first-order valence-electron chi connectivity index (χ1n) is 5.03. The molecule has 0 heterocycles. The van der Waals surface area contributed by atoms with Gasteiger partial charge >= 0.3 is 0 Å². The smallest absolute Gasteiger partial charge is 0.0604 e. The molecule has 0 saturated heterocycles. The maximum atomic E-state index is 8.78. The molecule has 0 aromatic heterocycles. The largest absolute Gasteiger partial charge is 0.411 e. The molecule has 0 radical (unpaired) electrons. The summed E-state index contributed by atoms with van der Waals surface area (Å²) >= 11 is 0. The van der Waals surface area contributed by atoms with E-state index in [0.717, 1.165) is 24.0 Å². The monoisotopic (exact) mass is 167 g/mol. The Labute approximate surface area is 73.7 Å². The molecule has 0 amide bonds. The summed E-state index contributed by atoms with van der Waals surface area (Å²) in [4.78, 5) is 0. The Hall–Kier alpha value is -0.530. The third-order valence-corrected chi connectivity index (χ3v) is 3.71. The lowest BCUT2D eigenvalue weighted by molar-refractivity contribution is 0.221. The maximum absolute atomic E-state index is 8.78. The standard InChI is InChI=1S/C10H17NO/c1-7-3-2-4-9-8(7)5-6-10(9)11-12/h7-9,12H,2-6H2,1H3/b11-10+/t7-,8+,9-/m1/s1. The lowest BCUT2D eigenvalue weighted by Gasteiger charge is -2.30. The lowest BCUT2D eigenvalue weighted by atomic mass is 9.74. The second-order valence-corrected chi connectivity index (χ2v) is 4.31. The SMILES string of the molecule is C[C@@H]1CCC[C@H]2/C(=N/O)CC[C@@H]12. The van der Waals surface area contributed by atoms with Crippen molar-refractivity contribution in [3.8, 4) is 0 Å². The van der Waals surface area contributed by atoms with E-state index < -0.39 is 0 Å². The molecule has 0 aromatic carbocycles. The van der Waals surface area contributed by atoms with Gasteiger partial charge in [0, 0.05) is 5.92 Å². The summed E-state index contributed by atoms with van der Waals surface area (Å²) in [6, 6.07) is 0. The molecule has 68 valence electrons.